The number of rotatable bonds is 5. The third-order valence-electron chi connectivity index (χ3n) is 1.72. The van der Waals surface area contributed by atoms with E-state index in [1.807, 2.05) is 7.05 Å². The van der Waals surface area contributed by atoms with Gasteiger partial charge in [0.05, 0.1) is 12.2 Å². The van der Waals surface area contributed by atoms with E-state index in [2.05, 4.69) is 10.3 Å². The van der Waals surface area contributed by atoms with Crippen molar-refractivity contribution in [3.63, 3.8) is 0 Å². The summed E-state index contributed by atoms with van der Waals surface area (Å²) in [7, 11) is 1.87. The lowest BCUT2D eigenvalue weighted by Crippen LogP contribution is -2.13. The molecule has 0 unspecified atom stereocenters. The summed E-state index contributed by atoms with van der Waals surface area (Å²) in [6, 6.07) is 3.28. The van der Waals surface area contributed by atoms with Gasteiger partial charge in [-0.1, -0.05) is 0 Å². The number of pyridine rings is 1. The van der Waals surface area contributed by atoms with E-state index in [9.17, 15) is 4.79 Å². The van der Waals surface area contributed by atoms with Crippen LogP contribution >= 0.6 is 0 Å². The number of aromatic nitrogens is 1. The Bertz CT molecular complexity index is 275. The number of nitrogens with zero attached hydrogens (tertiary/aromatic N) is 1. The van der Waals surface area contributed by atoms with Crippen molar-refractivity contribution < 1.29 is 9.53 Å². The van der Waals surface area contributed by atoms with Gasteiger partial charge < -0.3 is 10.1 Å². The maximum atomic E-state index is 11.3. The summed E-state index contributed by atoms with van der Waals surface area (Å²) < 4.78 is 5.02. The molecule has 0 aliphatic heterocycles. The number of carbonyl (C=O) groups is 1. The van der Waals surface area contributed by atoms with E-state index in [4.69, 9.17) is 4.74 Å². The van der Waals surface area contributed by atoms with Gasteiger partial charge in [0.1, 0.15) is 0 Å². The van der Waals surface area contributed by atoms with Crippen molar-refractivity contribution in [3.05, 3.63) is 30.1 Å². The zero-order chi connectivity index (χ0) is 10.2. The zero-order valence-corrected chi connectivity index (χ0v) is 8.19. The molecule has 1 aromatic rings. The summed E-state index contributed by atoms with van der Waals surface area (Å²) in [4.78, 5) is 15.2. The molecule has 1 heterocycles. The number of nitrogens with one attached hydrogen (secondary N) is 1. The Morgan fingerprint density at radius 3 is 2.86 bits per heavy atom. The van der Waals surface area contributed by atoms with Gasteiger partial charge in [-0.25, -0.2) is 4.79 Å². The van der Waals surface area contributed by atoms with Crippen molar-refractivity contribution in [2.75, 3.05) is 20.2 Å². The van der Waals surface area contributed by atoms with Gasteiger partial charge in [-0.15, -0.1) is 0 Å². The van der Waals surface area contributed by atoms with Crippen LogP contribution in [0, 0.1) is 0 Å². The van der Waals surface area contributed by atoms with Gasteiger partial charge >= 0.3 is 5.97 Å². The van der Waals surface area contributed by atoms with Crippen LogP contribution in [0.1, 0.15) is 16.8 Å². The molecule has 0 saturated heterocycles. The second-order valence-electron chi connectivity index (χ2n) is 2.83. The third-order valence-corrected chi connectivity index (χ3v) is 1.72. The first-order chi connectivity index (χ1) is 6.84. The molecule has 0 radical (unpaired) electrons. The van der Waals surface area contributed by atoms with Crippen LogP contribution in [0.5, 0.6) is 0 Å². The average Bonchev–Trinajstić information content (AvgIpc) is 2.25. The summed E-state index contributed by atoms with van der Waals surface area (Å²) in [5.74, 6) is -0.288. The molecule has 1 N–H and O–H groups in total. The first kappa shape index (κ1) is 10.7. The molecule has 0 aromatic carbocycles. The minimum Gasteiger partial charge on any atom is -0.462 e. The normalized spacial score (nSPS) is 9.79. The number of esters is 1. The van der Waals surface area contributed by atoms with Crippen LogP contribution in [0.15, 0.2) is 24.5 Å². The van der Waals surface area contributed by atoms with Gasteiger partial charge in [-0.05, 0) is 32.1 Å². The third kappa shape index (κ3) is 3.53. The molecule has 0 bridgehead atoms. The Kier molecular flexibility index (Phi) is 4.64. The van der Waals surface area contributed by atoms with E-state index in [-0.39, 0.29) is 5.97 Å². The molecule has 14 heavy (non-hydrogen) atoms. The standard InChI is InChI=1S/C10H14N2O2/c1-11-5-2-8-14-10(13)9-3-6-12-7-4-9/h3-4,6-7,11H,2,5,8H2,1H3. The van der Waals surface area contributed by atoms with E-state index >= 15 is 0 Å². The number of ether oxygens (including phenoxy) is 1. The second-order valence-corrected chi connectivity index (χ2v) is 2.83. The molecular weight excluding hydrogens is 180 g/mol. The van der Waals surface area contributed by atoms with Crippen LogP contribution in [0.3, 0.4) is 0 Å². The highest BCUT2D eigenvalue weighted by Gasteiger charge is 2.04. The molecule has 76 valence electrons. The van der Waals surface area contributed by atoms with Gasteiger partial charge in [0.2, 0.25) is 0 Å². The molecule has 0 spiro atoms. The van der Waals surface area contributed by atoms with Crippen molar-refractivity contribution in [2.45, 2.75) is 6.42 Å². The summed E-state index contributed by atoms with van der Waals surface area (Å²) >= 11 is 0. The molecular formula is C10H14N2O2. The summed E-state index contributed by atoms with van der Waals surface area (Å²) in [6.07, 6.45) is 3.97. The maximum Gasteiger partial charge on any atom is 0.338 e. The van der Waals surface area contributed by atoms with Crippen molar-refractivity contribution >= 4 is 5.97 Å². The van der Waals surface area contributed by atoms with Gasteiger partial charge in [0, 0.05) is 12.4 Å². The van der Waals surface area contributed by atoms with Gasteiger partial charge in [-0.3, -0.25) is 4.98 Å². The summed E-state index contributed by atoms with van der Waals surface area (Å²) in [5.41, 5.74) is 0.546. The monoisotopic (exact) mass is 194 g/mol. The molecule has 0 aliphatic rings. The average molecular weight is 194 g/mol. The van der Waals surface area contributed by atoms with Crippen LogP contribution in [0.4, 0.5) is 0 Å². The lowest BCUT2D eigenvalue weighted by atomic mass is 10.3. The fourth-order valence-electron chi connectivity index (χ4n) is 0.985. The highest BCUT2D eigenvalue weighted by Crippen LogP contribution is 1.99. The van der Waals surface area contributed by atoms with Gasteiger partial charge in [-0.2, -0.15) is 0 Å². The van der Waals surface area contributed by atoms with Crippen LogP contribution < -0.4 is 5.32 Å². The topological polar surface area (TPSA) is 51.2 Å². The lowest BCUT2D eigenvalue weighted by Gasteiger charge is -2.03. The summed E-state index contributed by atoms with van der Waals surface area (Å²) in [5, 5.41) is 2.98. The fourth-order valence-corrected chi connectivity index (χ4v) is 0.985. The SMILES string of the molecule is CNCCCOC(=O)c1ccncc1. The zero-order valence-electron chi connectivity index (χ0n) is 8.19. The predicted molar refractivity (Wildman–Crippen MR) is 53.1 cm³/mol. The van der Waals surface area contributed by atoms with Crippen molar-refractivity contribution in [3.8, 4) is 0 Å². The van der Waals surface area contributed by atoms with E-state index in [1.54, 1.807) is 24.5 Å². The Hall–Kier alpha value is -1.42. The number of hydrogen-bond donors (Lipinski definition) is 1. The molecule has 4 heteroatoms. The fraction of sp³-hybridized carbons (Fsp3) is 0.400. The maximum absolute atomic E-state index is 11.3. The second kappa shape index (κ2) is 6.10. The molecule has 0 saturated carbocycles. The minimum atomic E-state index is -0.288. The van der Waals surface area contributed by atoms with Crippen LogP contribution in [-0.4, -0.2) is 31.2 Å². The Morgan fingerprint density at radius 2 is 2.21 bits per heavy atom. The Labute approximate surface area is 83.3 Å². The predicted octanol–water partition coefficient (Wildman–Crippen LogP) is 0.848. The van der Waals surface area contributed by atoms with Crippen molar-refractivity contribution in [1.29, 1.82) is 0 Å². The van der Waals surface area contributed by atoms with Crippen LogP contribution in [0.2, 0.25) is 0 Å². The number of hydrogen-bond acceptors (Lipinski definition) is 4. The molecule has 1 aromatic heterocycles. The van der Waals surface area contributed by atoms with E-state index in [1.165, 1.54) is 0 Å². The van der Waals surface area contributed by atoms with Crippen molar-refractivity contribution in [2.24, 2.45) is 0 Å². The highest BCUT2D eigenvalue weighted by atomic mass is 16.5. The molecule has 1 rings (SSSR count). The highest BCUT2D eigenvalue weighted by molar-refractivity contribution is 5.89. The van der Waals surface area contributed by atoms with Gasteiger partial charge in [0.25, 0.3) is 0 Å². The van der Waals surface area contributed by atoms with E-state index < -0.39 is 0 Å². The molecule has 0 atom stereocenters. The van der Waals surface area contributed by atoms with Crippen molar-refractivity contribution in [1.82, 2.24) is 10.3 Å². The molecule has 0 aliphatic carbocycles. The first-order valence-electron chi connectivity index (χ1n) is 4.56. The van der Waals surface area contributed by atoms with Crippen LogP contribution in [-0.2, 0) is 4.74 Å². The first-order valence-corrected chi connectivity index (χ1v) is 4.56. The quantitative estimate of drug-likeness (QED) is 0.557. The van der Waals surface area contributed by atoms with Crippen LogP contribution in [0.25, 0.3) is 0 Å². The molecule has 0 amide bonds. The summed E-state index contributed by atoms with van der Waals surface area (Å²) in [6.45, 7) is 1.30. The van der Waals surface area contributed by atoms with E-state index in [0.717, 1.165) is 13.0 Å². The Morgan fingerprint density at radius 1 is 1.50 bits per heavy atom. The van der Waals surface area contributed by atoms with Gasteiger partial charge in [0.15, 0.2) is 0 Å². The Balaban J connectivity index is 2.29. The number of carbonyl (C=O) groups excluding carboxylic acids is 1. The minimum absolute atomic E-state index is 0.288. The molecule has 0 fully saturated rings. The van der Waals surface area contributed by atoms with E-state index in [0.29, 0.717) is 12.2 Å². The largest absolute Gasteiger partial charge is 0.462 e. The smallest absolute Gasteiger partial charge is 0.338 e. The molecule has 4 nitrogen and oxygen atoms in total. The lowest BCUT2D eigenvalue weighted by molar-refractivity contribution is 0.0501.